The van der Waals surface area contributed by atoms with Crippen LogP contribution in [0, 0.1) is 21.7 Å². The molecule has 1 saturated heterocycles. The van der Waals surface area contributed by atoms with Gasteiger partial charge in [0.15, 0.2) is 11.6 Å². The van der Waals surface area contributed by atoms with E-state index in [1.165, 1.54) is 0 Å². The number of hydrogen-bond acceptors (Lipinski definition) is 5. The number of aliphatic hydroxyl groups is 1. The van der Waals surface area contributed by atoms with Crippen molar-refractivity contribution < 1.29 is 18.8 Å². The fraction of sp³-hybridized carbons (Fsp3) is 0.538. The van der Waals surface area contributed by atoms with Gasteiger partial charge in [-0.1, -0.05) is 0 Å². The van der Waals surface area contributed by atoms with E-state index >= 15 is 0 Å². The molecule has 1 heterocycles. The van der Waals surface area contributed by atoms with Crippen molar-refractivity contribution in [3.63, 3.8) is 0 Å². The van der Waals surface area contributed by atoms with Crippen LogP contribution >= 0.6 is 0 Å². The van der Waals surface area contributed by atoms with Gasteiger partial charge in [-0.2, -0.15) is 0 Å². The van der Waals surface area contributed by atoms with Crippen LogP contribution in [0.3, 0.4) is 0 Å². The molecular formula is C13H17F2N3O3. The zero-order valence-electron chi connectivity index (χ0n) is 11.5. The quantitative estimate of drug-likeness (QED) is 0.657. The number of benzene rings is 1. The predicted molar refractivity (Wildman–Crippen MR) is 73.4 cm³/mol. The number of anilines is 1. The second kappa shape index (κ2) is 6.77. The second-order valence-corrected chi connectivity index (χ2v) is 4.92. The van der Waals surface area contributed by atoms with E-state index in [4.69, 9.17) is 5.11 Å². The molecule has 1 aliphatic heterocycles. The third-order valence-electron chi connectivity index (χ3n) is 3.53. The summed E-state index contributed by atoms with van der Waals surface area (Å²) in [7, 11) is 0. The molecule has 1 N–H and O–H groups in total. The third-order valence-corrected chi connectivity index (χ3v) is 3.53. The zero-order valence-corrected chi connectivity index (χ0v) is 11.5. The van der Waals surface area contributed by atoms with Gasteiger partial charge in [-0.15, -0.1) is 0 Å². The molecule has 6 nitrogen and oxygen atoms in total. The van der Waals surface area contributed by atoms with Crippen LogP contribution in [0.15, 0.2) is 12.1 Å². The molecular weight excluding hydrogens is 284 g/mol. The van der Waals surface area contributed by atoms with Crippen LogP contribution in [0.4, 0.5) is 20.2 Å². The summed E-state index contributed by atoms with van der Waals surface area (Å²) in [6.07, 6.45) is 0.667. The molecule has 8 heteroatoms. The summed E-state index contributed by atoms with van der Waals surface area (Å²) in [5.41, 5.74) is -0.794. The van der Waals surface area contributed by atoms with Crippen LogP contribution < -0.4 is 4.90 Å². The Morgan fingerprint density at radius 3 is 2.24 bits per heavy atom. The monoisotopic (exact) mass is 301 g/mol. The second-order valence-electron chi connectivity index (χ2n) is 4.92. The number of non-ortho nitro benzene ring substituents is 1. The summed E-state index contributed by atoms with van der Waals surface area (Å²) in [4.78, 5) is 13.4. The summed E-state index contributed by atoms with van der Waals surface area (Å²) >= 11 is 0. The Kier molecular flexibility index (Phi) is 5.03. The zero-order chi connectivity index (χ0) is 15.4. The SMILES string of the molecule is O=[N+]([O-])c1cc(F)c(N2CCN(CCCO)CC2)c(F)c1. The average molecular weight is 301 g/mol. The number of nitro groups is 1. The summed E-state index contributed by atoms with van der Waals surface area (Å²) < 4.78 is 27.8. The van der Waals surface area contributed by atoms with Gasteiger partial charge in [-0.3, -0.25) is 15.0 Å². The van der Waals surface area contributed by atoms with Crippen molar-refractivity contribution >= 4 is 11.4 Å². The average Bonchev–Trinajstić information content (AvgIpc) is 2.45. The van der Waals surface area contributed by atoms with Crippen LogP contribution in [0.1, 0.15) is 6.42 Å². The normalized spacial score (nSPS) is 16.2. The Bertz CT molecular complexity index is 496. The maximum Gasteiger partial charge on any atom is 0.275 e. The Hall–Kier alpha value is -1.80. The molecule has 0 aliphatic carbocycles. The van der Waals surface area contributed by atoms with Gasteiger partial charge < -0.3 is 10.0 Å². The fourth-order valence-electron chi connectivity index (χ4n) is 2.45. The van der Waals surface area contributed by atoms with Crippen molar-refractivity contribution in [2.24, 2.45) is 0 Å². The van der Waals surface area contributed by atoms with E-state index in [0.717, 1.165) is 18.7 Å². The number of nitrogens with zero attached hydrogens (tertiary/aromatic N) is 3. The smallest absolute Gasteiger partial charge is 0.275 e. The van der Waals surface area contributed by atoms with E-state index in [9.17, 15) is 18.9 Å². The maximum absolute atomic E-state index is 13.9. The number of piperazine rings is 1. The first-order chi connectivity index (χ1) is 10.0. The number of halogens is 2. The number of nitro benzene ring substituents is 1. The molecule has 116 valence electrons. The van der Waals surface area contributed by atoms with Crippen molar-refractivity contribution in [2.75, 3.05) is 44.2 Å². The highest BCUT2D eigenvalue weighted by molar-refractivity contribution is 5.54. The van der Waals surface area contributed by atoms with Gasteiger partial charge in [0.2, 0.25) is 0 Å². The highest BCUT2D eigenvalue weighted by Crippen LogP contribution is 2.28. The van der Waals surface area contributed by atoms with Crippen molar-refractivity contribution in [1.82, 2.24) is 4.90 Å². The lowest BCUT2D eigenvalue weighted by Crippen LogP contribution is -2.47. The van der Waals surface area contributed by atoms with Crippen LogP contribution in [-0.4, -0.2) is 54.3 Å². The van der Waals surface area contributed by atoms with E-state index in [1.54, 1.807) is 4.90 Å². The van der Waals surface area contributed by atoms with Gasteiger partial charge in [0, 0.05) is 39.3 Å². The fourth-order valence-corrected chi connectivity index (χ4v) is 2.45. The van der Waals surface area contributed by atoms with Gasteiger partial charge in [0.1, 0.15) is 5.69 Å². The molecule has 0 atom stereocenters. The Morgan fingerprint density at radius 1 is 1.19 bits per heavy atom. The summed E-state index contributed by atoms with van der Waals surface area (Å²) in [5.74, 6) is -1.82. The highest BCUT2D eigenvalue weighted by atomic mass is 19.1. The molecule has 0 unspecified atom stereocenters. The first-order valence-electron chi connectivity index (χ1n) is 6.74. The van der Waals surface area contributed by atoms with Gasteiger partial charge >= 0.3 is 0 Å². The van der Waals surface area contributed by atoms with Crippen molar-refractivity contribution in [3.8, 4) is 0 Å². The van der Waals surface area contributed by atoms with E-state index in [1.807, 2.05) is 0 Å². The van der Waals surface area contributed by atoms with Gasteiger partial charge in [-0.05, 0) is 6.42 Å². The third kappa shape index (κ3) is 3.64. The summed E-state index contributed by atoms with van der Waals surface area (Å²) in [6, 6.07) is 1.49. The molecule has 1 fully saturated rings. The minimum Gasteiger partial charge on any atom is -0.396 e. The molecule has 1 aliphatic rings. The number of aliphatic hydroxyl groups excluding tert-OH is 1. The maximum atomic E-state index is 13.9. The van der Waals surface area contributed by atoms with E-state index < -0.39 is 22.2 Å². The molecule has 21 heavy (non-hydrogen) atoms. The Morgan fingerprint density at radius 2 is 1.76 bits per heavy atom. The standard InChI is InChI=1S/C13H17F2N3O3/c14-11-8-10(18(20)21)9-12(15)13(11)17-5-3-16(4-6-17)2-1-7-19/h8-9,19H,1-7H2. The lowest BCUT2D eigenvalue weighted by Gasteiger charge is -2.36. The molecule has 0 aromatic heterocycles. The largest absolute Gasteiger partial charge is 0.396 e. The lowest BCUT2D eigenvalue weighted by atomic mass is 10.2. The van der Waals surface area contributed by atoms with Crippen molar-refractivity contribution in [1.29, 1.82) is 0 Å². The van der Waals surface area contributed by atoms with Crippen LogP contribution in [0.25, 0.3) is 0 Å². The molecule has 0 radical (unpaired) electrons. The van der Waals surface area contributed by atoms with E-state index in [2.05, 4.69) is 4.90 Å². The molecule has 1 aromatic rings. The Balaban J connectivity index is 2.08. The summed E-state index contributed by atoms with van der Waals surface area (Å²) in [5, 5.41) is 19.3. The Labute approximate surface area is 120 Å². The molecule has 0 bridgehead atoms. The molecule has 0 spiro atoms. The molecule has 0 amide bonds. The highest BCUT2D eigenvalue weighted by Gasteiger charge is 2.24. The molecule has 2 rings (SSSR count). The van der Waals surface area contributed by atoms with Gasteiger partial charge in [-0.25, -0.2) is 8.78 Å². The van der Waals surface area contributed by atoms with Gasteiger partial charge in [0.05, 0.1) is 17.1 Å². The topological polar surface area (TPSA) is 69.9 Å². The predicted octanol–water partition coefficient (Wildman–Crippen LogP) is 1.38. The van der Waals surface area contributed by atoms with Crippen molar-refractivity contribution in [3.05, 3.63) is 33.9 Å². The van der Waals surface area contributed by atoms with E-state index in [0.29, 0.717) is 32.6 Å². The summed E-state index contributed by atoms with van der Waals surface area (Å²) in [6.45, 7) is 3.02. The van der Waals surface area contributed by atoms with E-state index in [-0.39, 0.29) is 12.3 Å². The van der Waals surface area contributed by atoms with Crippen LogP contribution in [-0.2, 0) is 0 Å². The number of rotatable bonds is 5. The van der Waals surface area contributed by atoms with Gasteiger partial charge in [0.25, 0.3) is 5.69 Å². The minimum absolute atomic E-state index is 0.117. The van der Waals surface area contributed by atoms with Crippen LogP contribution in [0.2, 0.25) is 0 Å². The molecule has 1 aromatic carbocycles. The van der Waals surface area contributed by atoms with Crippen LogP contribution in [0.5, 0.6) is 0 Å². The number of hydrogen-bond donors (Lipinski definition) is 1. The van der Waals surface area contributed by atoms with Crippen molar-refractivity contribution in [2.45, 2.75) is 6.42 Å². The molecule has 0 saturated carbocycles. The minimum atomic E-state index is -0.912. The first-order valence-corrected chi connectivity index (χ1v) is 6.74. The lowest BCUT2D eigenvalue weighted by molar-refractivity contribution is -0.385. The first kappa shape index (κ1) is 15.6.